The Bertz CT molecular complexity index is 673. The van der Waals surface area contributed by atoms with E-state index in [1.807, 2.05) is 5.21 Å². The molecule has 2 aliphatic rings. The monoisotopic (exact) mass is 654 g/mol. The summed E-state index contributed by atoms with van der Waals surface area (Å²) in [6.07, 6.45) is 2.21. The molecule has 0 saturated heterocycles. The van der Waals surface area contributed by atoms with Crippen LogP contribution in [0.1, 0.15) is 69.2 Å². The summed E-state index contributed by atoms with van der Waals surface area (Å²) in [7, 11) is 0. The average molecular weight is 656 g/mol. The third-order valence-corrected chi connectivity index (χ3v) is 23.3. The van der Waals surface area contributed by atoms with Crippen LogP contribution in [-0.4, -0.2) is 0 Å². The van der Waals surface area contributed by atoms with Gasteiger partial charge in [-0.1, -0.05) is 0 Å². The van der Waals surface area contributed by atoms with E-state index in [-0.39, 0.29) is 48.1 Å². The first-order chi connectivity index (χ1) is 10.9. The normalized spacial score (nSPS) is 20.4. The molecule has 0 bridgehead atoms. The van der Waals surface area contributed by atoms with Gasteiger partial charge in [-0.2, -0.15) is 0 Å². The molecule has 0 fully saturated rings. The molecule has 0 atom stereocenters. The van der Waals surface area contributed by atoms with Gasteiger partial charge in [-0.3, -0.25) is 0 Å². The number of allylic oxidation sites excluding steroid dienone is 9. The van der Waals surface area contributed by atoms with E-state index in [0.29, 0.717) is 0 Å². The van der Waals surface area contributed by atoms with Gasteiger partial charge in [0.1, 0.15) is 0 Å². The Hall–Kier alpha value is 0.622. The maximum atomic E-state index is 4.15. The van der Waals surface area contributed by atoms with Crippen LogP contribution in [0.5, 0.6) is 0 Å². The third kappa shape index (κ3) is 4.54. The maximum Gasteiger partial charge on any atom is -1.00 e. The van der Waals surface area contributed by atoms with Crippen molar-refractivity contribution < 1.29 is 63.3 Å². The predicted molar refractivity (Wildman–Crippen MR) is 105 cm³/mol. The Labute approximate surface area is 196 Å². The zero-order valence-electron chi connectivity index (χ0n) is 18.6. The van der Waals surface area contributed by atoms with Crippen LogP contribution in [0, 0.1) is 36.9 Å². The first-order valence-corrected chi connectivity index (χ1v) is 16.3. The van der Waals surface area contributed by atoms with Crippen molar-refractivity contribution in [2.24, 2.45) is 10.8 Å². The van der Waals surface area contributed by atoms with E-state index in [1.165, 1.54) is 3.45 Å². The molecule has 0 radical (unpaired) electrons. The molecule has 0 amide bonds. The van der Waals surface area contributed by atoms with E-state index in [9.17, 15) is 0 Å². The largest absolute Gasteiger partial charge is 1.00 e. The molecule has 0 aromatic carbocycles. The van der Waals surface area contributed by atoms with Crippen molar-refractivity contribution >= 4 is 0 Å². The van der Waals surface area contributed by atoms with E-state index in [1.54, 1.807) is 33.4 Å². The maximum absolute atomic E-state index is 4.15. The minimum absolute atomic E-state index is 0. The van der Waals surface area contributed by atoms with Crippen LogP contribution in [0.2, 0.25) is 3.45 Å². The van der Waals surface area contributed by atoms with Crippen molar-refractivity contribution in [1.82, 2.24) is 0 Å². The Balaban J connectivity index is 0. The number of hydrogen-bond acceptors (Lipinski definition) is 0. The molecule has 0 nitrogen and oxygen atoms in total. The Morgan fingerprint density at radius 2 is 0.963 bits per heavy atom. The molecule has 4 heteroatoms. The molecule has 0 aromatic rings. The van der Waals surface area contributed by atoms with Crippen molar-refractivity contribution in [3.63, 3.8) is 0 Å². The molecule has 2 rings (SSSR count). The molecule has 0 saturated carbocycles. The standard InChI is InChI=1S/2C10H15.C3H5.3ClH.U/c2*1-7-6-10(4,5)9(3)8(7)2;1-3-2;;;;/h2*1-5H3;3H,1-2H2;3*1H;/q;;;;;;+3/p-3. The van der Waals surface area contributed by atoms with Crippen LogP contribution in [0.3, 0.4) is 0 Å². The van der Waals surface area contributed by atoms with E-state index in [4.69, 9.17) is 0 Å². The second-order valence-corrected chi connectivity index (χ2v) is 18.6. The van der Waals surface area contributed by atoms with Crippen LogP contribution in [-0.2, 0) is 0 Å². The topological polar surface area (TPSA) is 0 Å². The van der Waals surface area contributed by atoms with Gasteiger partial charge < -0.3 is 37.2 Å². The van der Waals surface area contributed by atoms with Gasteiger partial charge in [-0.05, 0) is 0 Å². The Morgan fingerprint density at radius 1 is 0.667 bits per heavy atom. The van der Waals surface area contributed by atoms with Gasteiger partial charge in [-0.15, -0.1) is 0 Å². The Kier molecular flexibility index (Phi) is 11.1. The molecule has 0 N–H and O–H groups in total. The van der Waals surface area contributed by atoms with Gasteiger partial charge in [0.25, 0.3) is 0 Å². The van der Waals surface area contributed by atoms with Crippen molar-refractivity contribution in [3.8, 4) is 0 Å². The van der Waals surface area contributed by atoms with Gasteiger partial charge in [0.05, 0.1) is 0 Å². The summed E-state index contributed by atoms with van der Waals surface area (Å²) >= 11 is -2.36. The number of halogens is 3. The second-order valence-electron chi connectivity index (χ2n) is 8.72. The van der Waals surface area contributed by atoms with Gasteiger partial charge in [0.15, 0.2) is 0 Å². The number of hydrogen-bond donors (Lipinski definition) is 0. The quantitative estimate of drug-likeness (QED) is 0.325. The minimum Gasteiger partial charge on any atom is -1.00 e. The van der Waals surface area contributed by atoms with E-state index in [2.05, 4.69) is 81.9 Å². The summed E-state index contributed by atoms with van der Waals surface area (Å²) in [5.41, 5.74) is 9.92. The van der Waals surface area contributed by atoms with E-state index >= 15 is 0 Å². The van der Waals surface area contributed by atoms with Crippen molar-refractivity contribution in [3.05, 3.63) is 51.3 Å². The third-order valence-electron chi connectivity index (χ3n) is 7.08. The summed E-state index contributed by atoms with van der Waals surface area (Å²) in [4.78, 5) is 0. The molecular weight excluding hydrogens is 621 g/mol. The van der Waals surface area contributed by atoms with Gasteiger partial charge in [-0.25, -0.2) is 0 Å². The van der Waals surface area contributed by atoms with Crippen LogP contribution in [0.4, 0.5) is 0 Å². The summed E-state index contributed by atoms with van der Waals surface area (Å²) in [6.45, 7) is 28.1. The minimum atomic E-state index is -2.36. The van der Waals surface area contributed by atoms with E-state index in [0.717, 1.165) is 0 Å². The van der Waals surface area contributed by atoms with Crippen LogP contribution in [0.25, 0.3) is 0 Å². The van der Waals surface area contributed by atoms with Gasteiger partial charge in [0.2, 0.25) is 0 Å². The van der Waals surface area contributed by atoms with Crippen molar-refractivity contribution in [1.29, 1.82) is 0 Å². The molecule has 0 aliphatic heterocycles. The predicted octanol–water partition coefficient (Wildman–Crippen LogP) is -1.48. The zero-order chi connectivity index (χ0) is 18.6. The van der Waals surface area contributed by atoms with E-state index < -0.39 is 26.0 Å². The SMILES string of the molecule is C=C[CH2][U+3]([C]1=C(C)C(C)=C(C)C1(C)C)[C]1=C(C)C(C)=C(C)C1(C)C.[Cl-].[Cl-].[Cl-]. The number of rotatable bonds is 4. The summed E-state index contributed by atoms with van der Waals surface area (Å²) < 4.78 is 4.92. The molecular formula is C23H35Cl3U. The zero-order valence-corrected chi connectivity index (χ0v) is 25.1. The van der Waals surface area contributed by atoms with Gasteiger partial charge in [0, 0.05) is 0 Å². The first-order valence-electron chi connectivity index (χ1n) is 9.17. The van der Waals surface area contributed by atoms with Crippen molar-refractivity contribution in [2.45, 2.75) is 72.7 Å². The van der Waals surface area contributed by atoms with Crippen molar-refractivity contribution in [2.75, 3.05) is 0 Å². The molecule has 0 spiro atoms. The Morgan fingerprint density at radius 3 is 1.15 bits per heavy atom. The average Bonchev–Trinajstić information content (AvgIpc) is 2.74. The van der Waals surface area contributed by atoms with Crippen LogP contribution in [0.15, 0.2) is 51.3 Å². The smallest absolute Gasteiger partial charge is 1.00 e. The van der Waals surface area contributed by atoms with Crippen LogP contribution >= 0.6 is 0 Å². The molecule has 0 aromatic heterocycles. The molecule has 152 valence electrons. The molecule has 0 unspecified atom stereocenters. The van der Waals surface area contributed by atoms with Gasteiger partial charge >= 0.3 is 161 Å². The van der Waals surface area contributed by atoms with Crippen LogP contribution < -0.4 is 37.2 Å². The molecule has 2 aliphatic carbocycles. The first kappa shape index (κ1) is 29.8. The fourth-order valence-corrected chi connectivity index (χ4v) is 22.0. The summed E-state index contributed by atoms with van der Waals surface area (Å²) in [6, 6.07) is 0. The summed E-state index contributed by atoms with van der Waals surface area (Å²) in [5, 5.41) is 0. The second kappa shape index (κ2) is 10.1. The fraction of sp³-hybridized carbons (Fsp3) is 0.565. The molecule has 0 heterocycles. The fourth-order valence-electron chi connectivity index (χ4n) is 4.87. The summed E-state index contributed by atoms with van der Waals surface area (Å²) in [5.74, 6) is 0. The molecule has 27 heavy (non-hydrogen) atoms.